The summed E-state index contributed by atoms with van der Waals surface area (Å²) in [5, 5.41) is 11.9. The number of nitrogens with zero attached hydrogens (tertiary/aromatic N) is 1. The van der Waals surface area contributed by atoms with E-state index in [1.807, 2.05) is 0 Å². The lowest BCUT2D eigenvalue weighted by Crippen LogP contribution is -2.58. The summed E-state index contributed by atoms with van der Waals surface area (Å²) in [6.45, 7) is 2.20. The molecule has 0 aromatic heterocycles. The van der Waals surface area contributed by atoms with Crippen molar-refractivity contribution in [1.29, 1.82) is 0 Å². The standard InChI is InChI=1S/C14H24N2O4/c1-20-10-11-3-7-16(8-4-11)13(19)15-14(5-2-6-14)9-12(17)18/h11H,2-10H2,1H3,(H,15,19)(H,17,18). The van der Waals surface area contributed by atoms with Crippen LogP contribution >= 0.6 is 0 Å². The number of nitrogens with one attached hydrogen (secondary N) is 1. The van der Waals surface area contributed by atoms with Crippen LogP contribution in [0.3, 0.4) is 0 Å². The van der Waals surface area contributed by atoms with Gasteiger partial charge in [-0.05, 0) is 38.0 Å². The van der Waals surface area contributed by atoms with E-state index in [-0.39, 0.29) is 12.5 Å². The normalized spacial score (nSPS) is 22.1. The van der Waals surface area contributed by atoms with E-state index in [1.165, 1.54) is 0 Å². The van der Waals surface area contributed by atoms with E-state index in [0.29, 0.717) is 5.92 Å². The van der Waals surface area contributed by atoms with E-state index in [0.717, 1.165) is 51.8 Å². The van der Waals surface area contributed by atoms with E-state index in [1.54, 1.807) is 12.0 Å². The second-order valence-corrected chi connectivity index (χ2v) is 6.02. The molecule has 0 atom stereocenters. The SMILES string of the molecule is COCC1CCN(C(=O)NC2(CC(=O)O)CCC2)CC1. The molecule has 1 saturated heterocycles. The van der Waals surface area contributed by atoms with Crippen LogP contribution in [-0.2, 0) is 9.53 Å². The largest absolute Gasteiger partial charge is 0.481 e. The zero-order valence-corrected chi connectivity index (χ0v) is 12.1. The van der Waals surface area contributed by atoms with Gasteiger partial charge in [-0.15, -0.1) is 0 Å². The summed E-state index contributed by atoms with van der Waals surface area (Å²) < 4.78 is 5.14. The molecule has 2 fully saturated rings. The van der Waals surface area contributed by atoms with Crippen molar-refractivity contribution in [2.24, 2.45) is 5.92 Å². The molecule has 1 aliphatic heterocycles. The molecule has 1 saturated carbocycles. The van der Waals surface area contributed by atoms with Crippen LogP contribution in [0.4, 0.5) is 4.79 Å². The molecule has 2 rings (SSSR count). The van der Waals surface area contributed by atoms with Gasteiger partial charge in [0.2, 0.25) is 0 Å². The summed E-state index contributed by atoms with van der Waals surface area (Å²) in [7, 11) is 1.70. The fraction of sp³-hybridized carbons (Fsp3) is 0.857. The van der Waals surface area contributed by atoms with Crippen LogP contribution < -0.4 is 5.32 Å². The molecule has 0 unspecified atom stereocenters. The van der Waals surface area contributed by atoms with E-state index in [9.17, 15) is 9.59 Å². The molecule has 0 bridgehead atoms. The maximum absolute atomic E-state index is 12.2. The highest BCUT2D eigenvalue weighted by atomic mass is 16.5. The van der Waals surface area contributed by atoms with Crippen LogP contribution in [0, 0.1) is 5.92 Å². The highest BCUT2D eigenvalue weighted by Gasteiger charge is 2.41. The summed E-state index contributed by atoms with van der Waals surface area (Å²) in [5.74, 6) is -0.315. The van der Waals surface area contributed by atoms with Crippen LogP contribution in [0.1, 0.15) is 38.5 Å². The molecule has 0 spiro atoms. The topological polar surface area (TPSA) is 78.9 Å². The zero-order valence-electron chi connectivity index (χ0n) is 12.1. The highest BCUT2D eigenvalue weighted by Crippen LogP contribution is 2.35. The number of hydrogen-bond acceptors (Lipinski definition) is 3. The zero-order chi connectivity index (χ0) is 14.6. The minimum absolute atomic E-state index is 0.0267. The second-order valence-electron chi connectivity index (χ2n) is 6.02. The number of carbonyl (C=O) groups is 2. The van der Waals surface area contributed by atoms with Crippen molar-refractivity contribution in [2.45, 2.75) is 44.1 Å². The summed E-state index contributed by atoms with van der Waals surface area (Å²) in [6, 6.07) is -0.109. The van der Waals surface area contributed by atoms with Gasteiger partial charge in [-0.25, -0.2) is 4.79 Å². The van der Waals surface area contributed by atoms with Gasteiger partial charge in [0.15, 0.2) is 0 Å². The number of likely N-dealkylation sites (tertiary alicyclic amines) is 1. The van der Waals surface area contributed by atoms with Crippen molar-refractivity contribution in [3.05, 3.63) is 0 Å². The van der Waals surface area contributed by atoms with Crippen LogP contribution in [0.25, 0.3) is 0 Å². The first kappa shape index (κ1) is 15.1. The summed E-state index contributed by atoms with van der Waals surface area (Å²) in [4.78, 5) is 24.9. The van der Waals surface area contributed by atoms with Crippen molar-refractivity contribution in [2.75, 3.05) is 26.8 Å². The Morgan fingerprint density at radius 1 is 1.35 bits per heavy atom. The van der Waals surface area contributed by atoms with Gasteiger partial charge in [0, 0.05) is 26.8 Å². The molecule has 0 aromatic rings. The first-order chi connectivity index (χ1) is 9.54. The van der Waals surface area contributed by atoms with E-state index in [2.05, 4.69) is 5.32 Å². The highest BCUT2D eigenvalue weighted by molar-refractivity contribution is 5.77. The van der Waals surface area contributed by atoms with Crippen LogP contribution in [0.5, 0.6) is 0 Å². The van der Waals surface area contributed by atoms with Crippen molar-refractivity contribution in [3.8, 4) is 0 Å². The minimum Gasteiger partial charge on any atom is -0.481 e. The van der Waals surface area contributed by atoms with Gasteiger partial charge in [0.25, 0.3) is 0 Å². The molecular formula is C14H24N2O4. The monoisotopic (exact) mass is 284 g/mol. The fourth-order valence-electron chi connectivity index (χ4n) is 3.08. The third-order valence-electron chi connectivity index (χ3n) is 4.48. The molecule has 1 heterocycles. The predicted molar refractivity (Wildman–Crippen MR) is 73.5 cm³/mol. The first-order valence-corrected chi connectivity index (χ1v) is 7.32. The number of ether oxygens (including phenoxy) is 1. The van der Waals surface area contributed by atoms with Crippen LogP contribution in [0.15, 0.2) is 0 Å². The molecular weight excluding hydrogens is 260 g/mol. The molecule has 2 amide bonds. The van der Waals surface area contributed by atoms with Crippen LogP contribution in [-0.4, -0.2) is 54.4 Å². The Hall–Kier alpha value is -1.30. The van der Waals surface area contributed by atoms with E-state index >= 15 is 0 Å². The number of carboxylic acids is 1. The molecule has 114 valence electrons. The van der Waals surface area contributed by atoms with Gasteiger partial charge in [-0.3, -0.25) is 4.79 Å². The smallest absolute Gasteiger partial charge is 0.317 e. The van der Waals surface area contributed by atoms with Crippen molar-refractivity contribution >= 4 is 12.0 Å². The molecule has 6 nitrogen and oxygen atoms in total. The van der Waals surface area contributed by atoms with Crippen molar-refractivity contribution in [1.82, 2.24) is 10.2 Å². The van der Waals surface area contributed by atoms with Gasteiger partial charge in [-0.2, -0.15) is 0 Å². The van der Waals surface area contributed by atoms with Gasteiger partial charge in [0.05, 0.1) is 12.0 Å². The Balaban J connectivity index is 1.81. The summed E-state index contributed by atoms with van der Waals surface area (Å²) in [6.07, 6.45) is 4.46. The predicted octanol–water partition coefficient (Wildman–Crippen LogP) is 1.45. The van der Waals surface area contributed by atoms with E-state index < -0.39 is 11.5 Å². The van der Waals surface area contributed by atoms with Crippen LogP contribution in [0.2, 0.25) is 0 Å². The van der Waals surface area contributed by atoms with Gasteiger partial charge in [-0.1, -0.05) is 0 Å². The minimum atomic E-state index is -0.844. The molecule has 0 aromatic carbocycles. The second kappa shape index (κ2) is 6.43. The number of amides is 2. The molecule has 1 aliphatic carbocycles. The quantitative estimate of drug-likeness (QED) is 0.801. The lowest BCUT2D eigenvalue weighted by molar-refractivity contribution is -0.139. The Kier molecular flexibility index (Phi) is 4.86. The third kappa shape index (κ3) is 3.62. The van der Waals surface area contributed by atoms with E-state index in [4.69, 9.17) is 9.84 Å². The summed E-state index contributed by atoms with van der Waals surface area (Å²) in [5.41, 5.74) is -0.508. The first-order valence-electron chi connectivity index (χ1n) is 7.32. The molecule has 20 heavy (non-hydrogen) atoms. The molecule has 2 N–H and O–H groups in total. The van der Waals surface area contributed by atoms with Crippen molar-refractivity contribution in [3.63, 3.8) is 0 Å². The number of rotatable bonds is 5. The fourth-order valence-corrected chi connectivity index (χ4v) is 3.08. The maximum atomic E-state index is 12.2. The van der Waals surface area contributed by atoms with Crippen molar-refractivity contribution < 1.29 is 19.4 Å². The Morgan fingerprint density at radius 3 is 2.45 bits per heavy atom. The Labute approximate surface area is 119 Å². The lowest BCUT2D eigenvalue weighted by Gasteiger charge is -2.43. The number of piperidine rings is 1. The molecule has 0 radical (unpaired) electrons. The maximum Gasteiger partial charge on any atom is 0.317 e. The average Bonchev–Trinajstić information content (AvgIpc) is 2.36. The van der Waals surface area contributed by atoms with Gasteiger partial charge < -0.3 is 20.1 Å². The number of carboxylic acid groups (broad SMARTS) is 1. The number of methoxy groups -OCH3 is 1. The lowest BCUT2D eigenvalue weighted by atomic mass is 9.74. The third-order valence-corrected chi connectivity index (χ3v) is 4.48. The average molecular weight is 284 g/mol. The Morgan fingerprint density at radius 2 is 2.00 bits per heavy atom. The van der Waals surface area contributed by atoms with Gasteiger partial charge in [0.1, 0.15) is 0 Å². The number of urea groups is 1. The summed E-state index contributed by atoms with van der Waals surface area (Å²) >= 11 is 0. The molecule has 6 heteroatoms. The number of hydrogen-bond donors (Lipinski definition) is 2. The van der Waals surface area contributed by atoms with Gasteiger partial charge >= 0.3 is 12.0 Å². The number of aliphatic carboxylic acids is 1. The molecule has 2 aliphatic rings. The Bertz CT molecular complexity index is 360. The number of carbonyl (C=O) groups excluding carboxylic acids is 1.